The maximum atomic E-state index is 4.47. The molecule has 1 aromatic heterocycles. The Morgan fingerprint density at radius 2 is 2.21 bits per heavy atom. The smallest absolute Gasteiger partial charge is 0.126 e. The summed E-state index contributed by atoms with van der Waals surface area (Å²) in [6.07, 6.45) is 3.90. The van der Waals surface area contributed by atoms with E-state index in [9.17, 15) is 0 Å². The number of halogens is 1. The average Bonchev–Trinajstić information content (AvgIpc) is 2.90. The van der Waals surface area contributed by atoms with Crippen LogP contribution in [0.15, 0.2) is 46.0 Å². The Hall–Kier alpha value is -0.780. The molecule has 0 aliphatic heterocycles. The van der Waals surface area contributed by atoms with Gasteiger partial charge in [0.2, 0.25) is 0 Å². The predicted molar refractivity (Wildman–Crippen MR) is 84.6 cm³/mol. The minimum Gasteiger partial charge on any atom is -0.334 e. The first-order valence-electron chi connectivity index (χ1n) is 6.32. The topological polar surface area (TPSA) is 29.9 Å². The van der Waals surface area contributed by atoms with Crippen LogP contribution in [0.5, 0.6) is 0 Å². The minimum absolute atomic E-state index is 0.257. The summed E-state index contributed by atoms with van der Waals surface area (Å²) in [7, 11) is 1.99. The Kier molecular flexibility index (Phi) is 5.48. The van der Waals surface area contributed by atoms with Gasteiger partial charge in [-0.2, -0.15) is 0 Å². The van der Waals surface area contributed by atoms with Crippen molar-refractivity contribution in [3.8, 4) is 0 Å². The molecule has 0 bridgehead atoms. The van der Waals surface area contributed by atoms with Crippen molar-refractivity contribution in [2.45, 2.75) is 24.4 Å². The van der Waals surface area contributed by atoms with Gasteiger partial charge in [0.15, 0.2) is 0 Å². The second-order valence-electron chi connectivity index (χ2n) is 4.15. The van der Waals surface area contributed by atoms with E-state index in [0.717, 1.165) is 22.6 Å². The van der Waals surface area contributed by atoms with Crippen LogP contribution in [-0.2, 0) is 6.54 Å². The summed E-state index contributed by atoms with van der Waals surface area (Å²) < 4.78 is 3.33. The molecule has 0 aliphatic carbocycles. The minimum atomic E-state index is 0.257. The number of benzene rings is 1. The summed E-state index contributed by atoms with van der Waals surface area (Å²) in [6.45, 7) is 3.09. The van der Waals surface area contributed by atoms with Crippen molar-refractivity contribution in [1.29, 1.82) is 0 Å². The molecule has 0 spiro atoms. The van der Waals surface area contributed by atoms with Crippen LogP contribution in [0.25, 0.3) is 0 Å². The van der Waals surface area contributed by atoms with Crippen LogP contribution in [0.4, 0.5) is 0 Å². The van der Waals surface area contributed by atoms with E-state index in [4.69, 9.17) is 0 Å². The van der Waals surface area contributed by atoms with E-state index < -0.39 is 0 Å². The van der Waals surface area contributed by atoms with Gasteiger partial charge in [-0.05, 0) is 42.0 Å². The van der Waals surface area contributed by atoms with Crippen molar-refractivity contribution >= 4 is 27.7 Å². The van der Waals surface area contributed by atoms with Gasteiger partial charge in [0.1, 0.15) is 5.82 Å². The Labute approximate surface area is 126 Å². The van der Waals surface area contributed by atoms with E-state index in [1.54, 1.807) is 0 Å². The molecule has 0 fully saturated rings. The van der Waals surface area contributed by atoms with Gasteiger partial charge in [0.25, 0.3) is 0 Å². The number of hydrogen-bond donors (Lipinski definition) is 1. The molecular formula is C14H18BrN3S. The molecule has 0 amide bonds. The molecule has 1 atom stereocenters. The van der Waals surface area contributed by atoms with Gasteiger partial charge in [0, 0.05) is 34.1 Å². The van der Waals surface area contributed by atoms with Crippen molar-refractivity contribution < 1.29 is 0 Å². The molecular weight excluding hydrogens is 322 g/mol. The third-order valence-electron chi connectivity index (χ3n) is 2.99. The number of thioether (sulfide) groups is 1. The van der Waals surface area contributed by atoms with Gasteiger partial charge in [-0.15, -0.1) is 11.8 Å². The summed E-state index contributed by atoms with van der Waals surface area (Å²) in [6, 6.07) is 8.56. The highest BCUT2D eigenvalue weighted by molar-refractivity contribution is 9.10. The number of aromatic nitrogens is 2. The zero-order valence-electron chi connectivity index (χ0n) is 11.1. The second kappa shape index (κ2) is 7.12. The van der Waals surface area contributed by atoms with E-state index in [-0.39, 0.29) is 6.04 Å². The zero-order valence-corrected chi connectivity index (χ0v) is 13.5. The molecule has 102 valence electrons. The fourth-order valence-corrected chi connectivity index (χ4v) is 3.59. The molecule has 1 aromatic carbocycles. The molecule has 2 rings (SSSR count). The Morgan fingerprint density at radius 1 is 1.42 bits per heavy atom. The third-order valence-corrected chi connectivity index (χ3v) is 5.11. The number of imidazole rings is 1. The van der Waals surface area contributed by atoms with E-state index in [1.807, 2.05) is 37.3 Å². The highest BCUT2D eigenvalue weighted by Crippen LogP contribution is 2.29. The highest BCUT2D eigenvalue weighted by atomic mass is 79.9. The fraction of sp³-hybridized carbons (Fsp3) is 0.357. The van der Waals surface area contributed by atoms with Crippen LogP contribution in [0.2, 0.25) is 0 Å². The third kappa shape index (κ3) is 3.61. The van der Waals surface area contributed by atoms with E-state index in [2.05, 4.69) is 55.9 Å². The van der Waals surface area contributed by atoms with Crippen molar-refractivity contribution in [2.75, 3.05) is 12.8 Å². The maximum Gasteiger partial charge on any atom is 0.126 e. The maximum absolute atomic E-state index is 4.47. The molecule has 1 heterocycles. The Morgan fingerprint density at radius 3 is 2.89 bits per heavy atom. The summed E-state index contributed by atoms with van der Waals surface area (Å²) in [5.41, 5.74) is 0. The van der Waals surface area contributed by atoms with Gasteiger partial charge in [-0.3, -0.25) is 0 Å². The number of rotatable bonds is 6. The van der Waals surface area contributed by atoms with Crippen molar-refractivity contribution in [3.63, 3.8) is 0 Å². The number of aryl methyl sites for hydroxylation is 1. The predicted octanol–water partition coefficient (Wildman–Crippen LogP) is 3.72. The standard InChI is InChI=1S/C14H18BrN3S/c1-3-18-9-8-17-14(18)12(16-2)10-19-13-7-5-4-6-11(13)15/h4-9,12,16H,3,10H2,1-2H3. The van der Waals surface area contributed by atoms with Gasteiger partial charge in [0.05, 0.1) is 6.04 Å². The molecule has 0 radical (unpaired) electrons. The molecule has 5 heteroatoms. The molecule has 1 unspecified atom stereocenters. The quantitative estimate of drug-likeness (QED) is 0.813. The van der Waals surface area contributed by atoms with Gasteiger partial charge in [-0.1, -0.05) is 12.1 Å². The molecule has 19 heavy (non-hydrogen) atoms. The van der Waals surface area contributed by atoms with Gasteiger partial charge in [-0.25, -0.2) is 4.98 Å². The monoisotopic (exact) mass is 339 g/mol. The van der Waals surface area contributed by atoms with Crippen LogP contribution in [0.3, 0.4) is 0 Å². The molecule has 0 saturated heterocycles. The average molecular weight is 340 g/mol. The van der Waals surface area contributed by atoms with E-state index in [0.29, 0.717) is 0 Å². The molecule has 0 aliphatic rings. The van der Waals surface area contributed by atoms with E-state index >= 15 is 0 Å². The lowest BCUT2D eigenvalue weighted by molar-refractivity contribution is 0.570. The highest BCUT2D eigenvalue weighted by Gasteiger charge is 2.15. The molecule has 0 saturated carbocycles. The second-order valence-corrected chi connectivity index (χ2v) is 6.07. The van der Waals surface area contributed by atoms with Gasteiger partial charge >= 0.3 is 0 Å². The first kappa shape index (κ1) is 14.6. The summed E-state index contributed by atoms with van der Waals surface area (Å²) in [5, 5.41) is 3.35. The molecule has 1 N–H and O–H groups in total. The van der Waals surface area contributed by atoms with Crippen LogP contribution in [0.1, 0.15) is 18.8 Å². The molecule has 3 nitrogen and oxygen atoms in total. The lowest BCUT2D eigenvalue weighted by Crippen LogP contribution is -2.22. The van der Waals surface area contributed by atoms with E-state index in [1.165, 1.54) is 4.90 Å². The summed E-state index contributed by atoms with van der Waals surface area (Å²) in [4.78, 5) is 5.73. The largest absolute Gasteiger partial charge is 0.334 e. The fourth-order valence-electron chi connectivity index (χ4n) is 1.92. The first-order valence-corrected chi connectivity index (χ1v) is 8.09. The van der Waals surface area contributed by atoms with Crippen LogP contribution >= 0.6 is 27.7 Å². The van der Waals surface area contributed by atoms with Crippen LogP contribution in [-0.4, -0.2) is 22.4 Å². The number of nitrogens with one attached hydrogen (secondary N) is 1. The lowest BCUT2D eigenvalue weighted by Gasteiger charge is -2.17. The van der Waals surface area contributed by atoms with Gasteiger partial charge < -0.3 is 9.88 Å². The summed E-state index contributed by atoms with van der Waals surface area (Å²) >= 11 is 5.42. The Balaban J connectivity index is 2.06. The lowest BCUT2D eigenvalue weighted by atomic mass is 10.3. The SMILES string of the molecule is CCn1ccnc1C(CSc1ccccc1Br)NC. The van der Waals surface area contributed by atoms with Crippen LogP contribution in [0, 0.1) is 0 Å². The summed E-state index contributed by atoms with van der Waals surface area (Å²) in [5.74, 6) is 2.06. The van der Waals surface area contributed by atoms with Crippen molar-refractivity contribution in [2.24, 2.45) is 0 Å². The molecule has 2 aromatic rings. The normalized spacial score (nSPS) is 12.6. The Bertz CT molecular complexity index is 527. The van der Waals surface area contributed by atoms with Crippen LogP contribution < -0.4 is 5.32 Å². The number of nitrogens with zero attached hydrogens (tertiary/aromatic N) is 2. The first-order chi connectivity index (χ1) is 9.26. The van der Waals surface area contributed by atoms with Crippen molar-refractivity contribution in [3.05, 3.63) is 47.0 Å². The van der Waals surface area contributed by atoms with Crippen molar-refractivity contribution in [1.82, 2.24) is 14.9 Å². The number of hydrogen-bond acceptors (Lipinski definition) is 3. The zero-order chi connectivity index (χ0) is 13.7.